The maximum atomic E-state index is 9.91. The summed E-state index contributed by atoms with van der Waals surface area (Å²) in [7, 11) is 0. The van der Waals surface area contributed by atoms with Gasteiger partial charge in [-0.3, -0.25) is 0 Å². The first-order valence-corrected chi connectivity index (χ1v) is 8.47. The number of phenolic OH excluding ortho intramolecular Hbond substituents is 1. The Hall–Kier alpha value is -2.51. The average molecular weight is 333 g/mol. The average Bonchev–Trinajstić information content (AvgIpc) is 2.76. The Morgan fingerprint density at radius 1 is 0.792 bits per heavy atom. The smallest absolute Gasteiger partial charge is 0.134 e. The lowest BCUT2D eigenvalue weighted by Crippen LogP contribution is -1.92. The minimum absolute atomic E-state index is 0.112. The van der Waals surface area contributed by atoms with Gasteiger partial charge in [0.1, 0.15) is 5.75 Å². The molecule has 3 aromatic carbocycles. The lowest BCUT2D eigenvalue weighted by molar-refractivity contribution is 0.475. The van der Waals surface area contributed by atoms with Crippen molar-refractivity contribution in [1.82, 2.24) is 0 Å². The van der Waals surface area contributed by atoms with Gasteiger partial charge in [0, 0.05) is 0 Å². The highest BCUT2D eigenvalue weighted by Gasteiger charge is 2.17. The van der Waals surface area contributed by atoms with E-state index >= 15 is 0 Å². The summed E-state index contributed by atoms with van der Waals surface area (Å²) in [6.07, 6.45) is 4.21. The second-order valence-corrected chi connectivity index (χ2v) is 6.49. The van der Waals surface area contributed by atoms with Gasteiger partial charge in [-0.2, -0.15) is 0 Å². The molecule has 24 heavy (non-hydrogen) atoms. The van der Waals surface area contributed by atoms with E-state index in [4.69, 9.17) is 11.6 Å². The summed E-state index contributed by atoms with van der Waals surface area (Å²) in [6.45, 7) is 0. The zero-order valence-electron chi connectivity index (χ0n) is 13.2. The van der Waals surface area contributed by atoms with E-state index < -0.39 is 0 Å². The van der Waals surface area contributed by atoms with Gasteiger partial charge in [-0.05, 0) is 64.4 Å². The molecule has 3 aromatic rings. The van der Waals surface area contributed by atoms with Crippen LogP contribution in [0.1, 0.15) is 27.8 Å². The first-order chi connectivity index (χ1) is 11.7. The highest BCUT2D eigenvalue weighted by molar-refractivity contribution is 6.32. The van der Waals surface area contributed by atoms with E-state index in [0.717, 1.165) is 18.4 Å². The third-order valence-electron chi connectivity index (χ3n) is 4.56. The molecule has 1 aliphatic rings. The minimum Gasteiger partial charge on any atom is -0.506 e. The third-order valence-corrected chi connectivity index (χ3v) is 4.88. The number of rotatable bonds is 1. The Morgan fingerprint density at radius 3 is 1.96 bits per heavy atom. The number of aromatic hydroxyl groups is 1. The molecule has 2 heteroatoms. The second-order valence-electron chi connectivity index (χ2n) is 6.08. The predicted molar refractivity (Wildman–Crippen MR) is 100 cm³/mol. The zero-order chi connectivity index (χ0) is 16.5. The van der Waals surface area contributed by atoms with Crippen LogP contribution in [0.5, 0.6) is 5.75 Å². The molecule has 0 saturated heterocycles. The Bertz CT molecular complexity index is 891. The van der Waals surface area contributed by atoms with Crippen molar-refractivity contribution in [3.05, 3.63) is 99.6 Å². The van der Waals surface area contributed by atoms with Crippen molar-refractivity contribution in [3.8, 4) is 5.75 Å². The largest absolute Gasteiger partial charge is 0.506 e. The van der Waals surface area contributed by atoms with Crippen molar-refractivity contribution in [2.24, 2.45) is 0 Å². The second kappa shape index (κ2) is 6.18. The highest BCUT2D eigenvalue weighted by atomic mass is 35.5. The van der Waals surface area contributed by atoms with Gasteiger partial charge in [-0.25, -0.2) is 0 Å². The summed E-state index contributed by atoms with van der Waals surface area (Å²) in [4.78, 5) is 0. The van der Waals surface area contributed by atoms with Crippen molar-refractivity contribution in [3.63, 3.8) is 0 Å². The van der Waals surface area contributed by atoms with Crippen molar-refractivity contribution >= 4 is 23.3 Å². The maximum absolute atomic E-state index is 9.91. The molecule has 0 spiro atoms. The SMILES string of the molecule is Oc1cc(C=C2c3ccccc3CCc3ccccc32)ccc1Cl. The minimum atomic E-state index is 0.112. The quantitative estimate of drug-likeness (QED) is 0.603. The van der Waals surface area contributed by atoms with Crippen LogP contribution in [-0.2, 0) is 12.8 Å². The van der Waals surface area contributed by atoms with Crippen molar-refractivity contribution in [1.29, 1.82) is 0 Å². The lowest BCUT2D eigenvalue weighted by atomic mass is 9.92. The van der Waals surface area contributed by atoms with E-state index in [1.807, 2.05) is 6.07 Å². The standard InChI is InChI=1S/C22H17ClO/c23-21-12-9-15(14-22(21)24)13-20-18-7-3-1-5-16(18)10-11-17-6-2-4-8-19(17)20/h1-9,12-14,24H,10-11H2. The van der Waals surface area contributed by atoms with Crippen LogP contribution in [0.15, 0.2) is 66.7 Å². The molecule has 0 aromatic heterocycles. The molecular weight excluding hydrogens is 316 g/mol. The van der Waals surface area contributed by atoms with E-state index in [9.17, 15) is 5.11 Å². The lowest BCUT2D eigenvalue weighted by Gasteiger charge is -2.12. The predicted octanol–water partition coefficient (Wildman–Crippen LogP) is 5.73. The van der Waals surface area contributed by atoms with Gasteiger partial charge in [0.2, 0.25) is 0 Å². The molecule has 1 nitrogen and oxygen atoms in total. The van der Waals surface area contributed by atoms with Crippen LogP contribution in [0, 0.1) is 0 Å². The van der Waals surface area contributed by atoms with Crippen LogP contribution < -0.4 is 0 Å². The van der Waals surface area contributed by atoms with E-state index in [1.165, 1.54) is 27.8 Å². The van der Waals surface area contributed by atoms with Gasteiger partial charge in [-0.15, -0.1) is 0 Å². The normalized spacial score (nSPS) is 13.0. The van der Waals surface area contributed by atoms with E-state index in [1.54, 1.807) is 12.1 Å². The van der Waals surface area contributed by atoms with Crippen LogP contribution >= 0.6 is 11.6 Å². The number of halogens is 1. The van der Waals surface area contributed by atoms with Crippen LogP contribution in [0.2, 0.25) is 5.02 Å². The summed E-state index contributed by atoms with van der Waals surface area (Å²) in [6, 6.07) is 22.5. The number of hydrogen-bond acceptors (Lipinski definition) is 1. The van der Waals surface area contributed by atoms with E-state index in [-0.39, 0.29) is 5.75 Å². The van der Waals surface area contributed by atoms with Gasteiger partial charge < -0.3 is 5.11 Å². The van der Waals surface area contributed by atoms with Crippen molar-refractivity contribution in [2.45, 2.75) is 12.8 Å². The van der Waals surface area contributed by atoms with Gasteiger partial charge in [-0.1, -0.05) is 66.2 Å². The Morgan fingerprint density at radius 2 is 1.38 bits per heavy atom. The van der Waals surface area contributed by atoms with Gasteiger partial charge in [0.15, 0.2) is 0 Å². The number of phenols is 1. The molecule has 0 heterocycles. The number of hydrogen-bond donors (Lipinski definition) is 1. The zero-order valence-corrected chi connectivity index (χ0v) is 13.9. The number of benzene rings is 3. The molecule has 1 N–H and O–H groups in total. The molecule has 0 unspecified atom stereocenters. The fourth-order valence-electron chi connectivity index (χ4n) is 3.36. The van der Waals surface area contributed by atoms with Crippen LogP contribution in [-0.4, -0.2) is 5.11 Å². The summed E-state index contributed by atoms with van der Waals surface area (Å²) in [5.74, 6) is 0.112. The van der Waals surface area contributed by atoms with Crippen molar-refractivity contribution < 1.29 is 5.11 Å². The van der Waals surface area contributed by atoms with E-state index in [0.29, 0.717) is 5.02 Å². The highest BCUT2D eigenvalue weighted by Crippen LogP contribution is 2.35. The Labute approximate surface area is 146 Å². The first kappa shape index (κ1) is 15.0. The van der Waals surface area contributed by atoms with Gasteiger partial charge >= 0.3 is 0 Å². The van der Waals surface area contributed by atoms with Crippen LogP contribution in [0.25, 0.3) is 11.6 Å². The maximum Gasteiger partial charge on any atom is 0.134 e. The van der Waals surface area contributed by atoms with Crippen LogP contribution in [0.4, 0.5) is 0 Å². The molecule has 0 atom stereocenters. The van der Waals surface area contributed by atoms with Crippen LogP contribution in [0.3, 0.4) is 0 Å². The molecule has 0 amide bonds. The topological polar surface area (TPSA) is 20.2 Å². The number of fused-ring (bicyclic) bond motifs is 2. The summed E-state index contributed by atoms with van der Waals surface area (Å²) >= 11 is 5.94. The van der Waals surface area contributed by atoms with Gasteiger partial charge in [0.25, 0.3) is 0 Å². The van der Waals surface area contributed by atoms with Gasteiger partial charge in [0.05, 0.1) is 5.02 Å². The molecular formula is C22H17ClO. The molecule has 118 valence electrons. The van der Waals surface area contributed by atoms with E-state index in [2.05, 4.69) is 54.6 Å². The monoisotopic (exact) mass is 332 g/mol. The summed E-state index contributed by atoms with van der Waals surface area (Å²) in [5.41, 5.74) is 7.38. The molecule has 4 rings (SSSR count). The number of aryl methyl sites for hydroxylation is 2. The molecule has 0 radical (unpaired) electrons. The van der Waals surface area contributed by atoms with Crippen molar-refractivity contribution in [2.75, 3.05) is 0 Å². The summed E-state index contributed by atoms with van der Waals surface area (Å²) < 4.78 is 0. The molecule has 0 aliphatic heterocycles. The third kappa shape index (κ3) is 2.72. The summed E-state index contributed by atoms with van der Waals surface area (Å²) in [5, 5.41) is 10.3. The Kier molecular flexibility index (Phi) is 3.87. The molecule has 0 bridgehead atoms. The fraction of sp³-hybridized carbons (Fsp3) is 0.0909. The fourth-order valence-corrected chi connectivity index (χ4v) is 3.48. The molecule has 1 aliphatic carbocycles. The Balaban J connectivity index is 1.95. The molecule has 0 saturated carbocycles. The molecule has 0 fully saturated rings. The first-order valence-electron chi connectivity index (χ1n) is 8.09.